The Morgan fingerprint density at radius 3 is 2.20 bits per heavy atom. The summed E-state index contributed by atoms with van der Waals surface area (Å²) in [5, 5.41) is 28.8. The van der Waals surface area contributed by atoms with Gasteiger partial charge in [0.05, 0.1) is 18.2 Å². The van der Waals surface area contributed by atoms with E-state index in [2.05, 4.69) is 24.0 Å². The second kappa shape index (κ2) is 8.87. The van der Waals surface area contributed by atoms with Gasteiger partial charge in [0.25, 0.3) is 0 Å². The average Bonchev–Trinajstić information content (AvgIpc) is 3.33. The van der Waals surface area contributed by atoms with E-state index < -0.39 is 17.9 Å². The summed E-state index contributed by atoms with van der Waals surface area (Å²) in [5.74, 6) is -0.434. The molecular formula is C27H26N4O3S. The summed E-state index contributed by atoms with van der Waals surface area (Å²) in [7, 11) is 0. The van der Waals surface area contributed by atoms with E-state index in [4.69, 9.17) is 4.99 Å². The molecule has 7 nitrogen and oxygen atoms in total. The SMILES string of the molecule is Cc1sc2c(c1C)C(c1ccc(-c3ccc(CO)cc3)cc1)=N[C@@H](C(C)C(=O)O)c1nnc(C)n1-2. The normalized spacial score (nSPS) is 15.7. The Balaban J connectivity index is 1.67. The number of hydrogen-bond acceptors (Lipinski definition) is 6. The summed E-state index contributed by atoms with van der Waals surface area (Å²) in [6, 6.07) is 15.3. The fraction of sp³-hybridized carbons (Fsp3) is 0.259. The Morgan fingerprint density at radius 1 is 1.00 bits per heavy atom. The maximum absolute atomic E-state index is 12.0. The van der Waals surface area contributed by atoms with Crippen LogP contribution in [0.5, 0.6) is 0 Å². The van der Waals surface area contributed by atoms with E-state index in [0.717, 1.165) is 44.1 Å². The van der Waals surface area contributed by atoms with Gasteiger partial charge in [0, 0.05) is 16.0 Å². The molecule has 2 aromatic carbocycles. The van der Waals surface area contributed by atoms with Crippen molar-refractivity contribution in [3.8, 4) is 16.1 Å². The molecule has 2 aromatic heterocycles. The average molecular weight is 487 g/mol. The Hall–Kier alpha value is -3.62. The van der Waals surface area contributed by atoms with Crippen LogP contribution < -0.4 is 0 Å². The van der Waals surface area contributed by atoms with Crippen LogP contribution in [0.4, 0.5) is 0 Å². The lowest BCUT2D eigenvalue weighted by Gasteiger charge is -2.16. The van der Waals surface area contributed by atoms with Gasteiger partial charge in [-0.25, -0.2) is 0 Å². The third-order valence-electron chi connectivity index (χ3n) is 6.68. The molecule has 0 saturated carbocycles. The monoisotopic (exact) mass is 486 g/mol. The number of hydrogen-bond donors (Lipinski definition) is 2. The highest BCUT2D eigenvalue weighted by atomic mass is 32.1. The lowest BCUT2D eigenvalue weighted by molar-refractivity contribution is -0.141. The standard InChI is InChI=1S/C27H26N4O3S/c1-14-16(3)35-26-22(14)24(28-23(15(2)27(33)34)25-30-29-17(4)31(25)26)21-11-9-20(10-12-21)19-7-5-18(13-32)6-8-19/h5-12,15,23,32H,13H2,1-4H3,(H,33,34)/t15?,23-/m0/s1. The molecule has 0 saturated heterocycles. The van der Waals surface area contributed by atoms with Gasteiger partial charge in [0.1, 0.15) is 16.9 Å². The molecule has 0 amide bonds. The van der Waals surface area contributed by atoms with Crippen LogP contribution >= 0.6 is 11.3 Å². The smallest absolute Gasteiger partial charge is 0.308 e. The van der Waals surface area contributed by atoms with Gasteiger partial charge in [0.15, 0.2) is 5.82 Å². The van der Waals surface area contributed by atoms with E-state index in [1.54, 1.807) is 18.3 Å². The summed E-state index contributed by atoms with van der Waals surface area (Å²) < 4.78 is 1.97. The second-order valence-electron chi connectivity index (χ2n) is 8.89. The third kappa shape index (κ3) is 3.88. The van der Waals surface area contributed by atoms with Crippen LogP contribution in [0.1, 0.15) is 51.7 Å². The number of aliphatic imine (C=N–C) groups is 1. The first-order valence-electron chi connectivity index (χ1n) is 11.4. The number of benzene rings is 2. The van der Waals surface area contributed by atoms with Crippen molar-refractivity contribution in [3.63, 3.8) is 0 Å². The number of rotatable bonds is 5. The van der Waals surface area contributed by atoms with Gasteiger partial charge < -0.3 is 10.2 Å². The molecule has 35 heavy (non-hydrogen) atoms. The molecule has 0 fully saturated rings. The zero-order chi connectivity index (χ0) is 24.9. The van der Waals surface area contributed by atoms with Gasteiger partial charge in [-0.05, 0) is 49.9 Å². The minimum Gasteiger partial charge on any atom is -0.481 e. The third-order valence-corrected chi connectivity index (χ3v) is 7.87. The van der Waals surface area contributed by atoms with Crippen molar-refractivity contribution in [3.05, 3.63) is 87.3 Å². The molecule has 8 heteroatoms. The lowest BCUT2D eigenvalue weighted by atomic mass is 9.96. The zero-order valence-corrected chi connectivity index (χ0v) is 20.8. The van der Waals surface area contributed by atoms with Crippen molar-refractivity contribution >= 4 is 23.0 Å². The van der Waals surface area contributed by atoms with Crippen molar-refractivity contribution in [1.29, 1.82) is 0 Å². The predicted octanol–water partition coefficient (Wildman–Crippen LogP) is 5.03. The Morgan fingerprint density at radius 2 is 1.60 bits per heavy atom. The molecule has 1 aliphatic heterocycles. The molecular weight excluding hydrogens is 460 g/mol. The fourth-order valence-electron chi connectivity index (χ4n) is 4.44. The largest absolute Gasteiger partial charge is 0.481 e. The van der Waals surface area contributed by atoms with Crippen molar-refractivity contribution in [2.75, 3.05) is 0 Å². The number of carboxylic acid groups (broad SMARTS) is 1. The molecule has 2 atom stereocenters. The number of carbonyl (C=O) groups is 1. The van der Waals surface area contributed by atoms with E-state index in [0.29, 0.717) is 11.6 Å². The number of aromatic nitrogens is 3. The van der Waals surface area contributed by atoms with Crippen LogP contribution in [-0.4, -0.2) is 36.7 Å². The van der Waals surface area contributed by atoms with Gasteiger partial charge in [0.2, 0.25) is 0 Å². The van der Waals surface area contributed by atoms with E-state index in [-0.39, 0.29) is 6.61 Å². The summed E-state index contributed by atoms with van der Waals surface area (Å²) >= 11 is 1.65. The van der Waals surface area contributed by atoms with Crippen LogP contribution in [0, 0.1) is 26.7 Å². The summed E-state index contributed by atoms with van der Waals surface area (Å²) in [6.45, 7) is 7.73. The van der Waals surface area contributed by atoms with Crippen LogP contribution in [0.2, 0.25) is 0 Å². The topological polar surface area (TPSA) is 101 Å². The van der Waals surface area contributed by atoms with Crippen molar-refractivity contribution in [1.82, 2.24) is 14.8 Å². The number of aryl methyl sites for hydroxylation is 2. The summed E-state index contributed by atoms with van der Waals surface area (Å²) in [5.41, 5.74) is 6.78. The van der Waals surface area contributed by atoms with Crippen LogP contribution in [0.3, 0.4) is 0 Å². The maximum Gasteiger partial charge on any atom is 0.308 e. The first-order chi connectivity index (χ1) is 16.8. The van der Waals surface area contributed by atoms with Gasteiger partial charge in [-0.3, -0.25) is 14.4 Å². The lowest BCUT2D eigenvalue weighted by Crippen LogP contribution is -2.21. The Bertz CT molecular complexity index is 1450. The number of aliphatic hydroxyl groups excluding tert-OH is 1. The van der Waals surface area contributed by atoms with Crippen LogP contribution in [0.15, 0.2) is 53.5 Å². The molecule has 2 N–H and O–H groups in total. The Labute approximate surface area is 207 Å². The number of carboxylic acids is 1. The minimum absolute atomic E-state index is 0.0171. The van der Waals surface area contributed by atoms with E-state index in [1.807, 2.05) is 60.0 Å². The quantitative estimate of drug-likeness (QED) is 0.412. The summed E-state index contributed by atoms with van der Waals surface area (Å²) in [6.07, 6.45) is 0. The predicted molar refractivity (Wildman–Crippen MR) is 136 cm³/mol. The highest BCUT2D eigenvalue weighted by molar-refractivity contribution is 7.15. The highest BCUT2D eigenvalue weighted by Crippen LogP contribution is 2.40. The first-order valence-corrected chi connectivity index (χ1v) is 12.3. The fourth-order valence-corrected chi connectivity index (χ4v) is 5.65. The Kier molecular flexibility index (Phi) is 5.86. The van der Waals surface area contributed by atoms with Gasteiger partial charge in [-0.1, -0.05) is 48.5 Å². The molecule has 4 aromatic rings. The molecule has 0 bridgehead atoms. The molecule has 178 valence electrons. The zero-order valence-electron chi connectivity index (χ0n) is 20.0. The molecule has 1 unspecified atom stereocenters. The van der Waals surface area contributed by atoms with Crippen LogP contribution in [-0.2, 0) is 11.4 Å². The van der Waals surface area contributed by atoms with Crippen molar-refractivity contribution < 1.29 is 15.0 Å². The number of nitrogens with zero attached hydrogens (tertiary/aromatic N) is 4. The van der Waals surface area contributed by atoms with Gasteiger partial charge in [-0.15, -0.1) is 21.5 Å². The number of aliphatic carboxylic acids is 1. The minimum atomic E-state index is -0.926. The van der Waals surface area contributed by atoms with Crippen molar-refractivity contribution in [2.24, 2.45) is 10.9 Å². The number of aliphatic hydroxyl groups is 1. The number of thiophene rings is 1. The van der Waals surface area contributed by atoms with E-state index >= 15 is 0 Å². The van der Waals surface area contributed by atoms with Crippen LogP contribution in [0.25, 0.3) is 16.1 Å². The molecule has 0 spiro atoms. The molecule has 5 rings (SSSR count). The molecule has 0 aliphatic carbocycles. The van der Waals surface area contributed by atoms with E-state index in [9.17, 15) is 15.0 Å². The van der Waals surface area contributed by atoms with E-state index in [1.165, 1.54) is 4.88 Å². The first kappa shape index (κ1) is 23.1. The molecule has 1 aliphatic rings. The summed E-state index contributed by atoms with van der Waals surface area (Å²) in [4.78, 5) is 18.2. The second-order valence-corrected chi connectivity index (χ2v) is 10.1. The number of fused-ring (bicyclic) bond motifs is 3. The molecule has 3 heterocycles. The highest BCUT2D eigenvalue weighted by Gasteiger charge is 2.36. The maximum atomic E-state index is 12.0. The molecule has 0 radical (unpaired) electrons. The van der Waals surface area contributed by atoms with Gasteiger partial charge >= 0.3 is 5.97 Å². The van der Waals surface area contributed by atoms with Gasteiger partial charge in [-0.2, -0.15) is 0 Å². The van der Waals surface area contributed by atoms with Crippen molar-refractivity contribution in [2.45, 2.75) is 40.3 Å².